The fraction of sp³-hybridized carbons (Fsp3) is 0.136. The number of nitrogens with one attached hydrogen (secondary N) is 2. The third-order valence-electron chi connectivity index (χ3n) is 5.01. The zero-order chi connectivity index (χ0) is 25.4. The lowest BCUT2D eigenvalue weighted by Crippen LogP contribution is -2.48. The summed E-state index contributed by atoms with van der Waals surface area (Å²) in [5.41, 5.74) is 0.689. The van der Waals surface area contributed by atoms with Crippen LogP contribution in [0.1, 0.15) is 0 Å². The number of carbonyl (C=O) groups is 1. The molecule has 1 amide bonds. The van der Waals surface area contributed by atoms with Crippen LogP contribution in [0.3, 0.4) is 0 Å². The first kappa shape index (κ1) is 24.8. The zero-order valence-corrected chi connectivity index (χ0v) is 20.5. The number of amides is 1. The van der Waals surface area contributed by atoms with Crippen molar-refractivity contribution >= 4 is 54.6 Å². The molecule has 3 aromatic rings. The monoisotopic (exact) mass is 539 g/mol. The molecule has 13 heteroatoms. The van der Waals surface area contributed by atoms with Crippen LogP contribution in [-0.2, 0) is 24.8 Å². The van der Waals surface area contributed by atoms with Gasteiger partial charge in [0.15, 0.2) is 6.10 Å². The van der Waals surface area contributed by atoms with Gasteiger partial charge in [-0.05, 0) is 66.7 Å². The number of benzene rings is 3. The molecule has 1 aliphatic rings. The summed E-state index contributed by atoms with van der Waals surface area (Å²) in [5.74, 6) is -0.944. The van der Waals surface area contributed by atoms with Crippen LogP contribution >= 0.6 is 11.6 Å². The third kappa shape index (κ3) is 5.66. The standard InChI is InChI=1S/C22H19ClFN3O6S2/c1-34(29,30)27-13-21(33-20-11-2-14(23)12-19(20)27)22(28)25-16-7-9-18(10-8-16)35(31,32)26-17-5-3-15(24)4-6-17/h2-12,21,26H,13H2,1H3,(H,25,28)/t21-/m1/s1. The van der Waals surface area contributed by atoms with Crippen molar-refractivity contribution in [3.8, 4) is 5.75 Å². The van der Waals surface area contributed by atoms with Gasteiger partial charge in [-0.3, -0.25) is 13.8 Å². The number of anilines is 3. The van der Waals surface area contributed by atoms with Gasteiger partial charge in [-0.25, -0.2) is 21.2 Å². The topological polar surface area (TPSA) is 122 Å². The summed E-state index contributed by atoms with van der Waals surface area (Å²) in [5, 5.41) is 2.90. The summed E-state index contributed by atoms with van der Waals surface area (Å²) in [6.07, 6.45) is -0.154. The fourth-order valence-electron chi connectivity index (χ4n) is 3.35. The molecule has 0 aromatic heterocycles. The lowest BCUT2D eigenvalue weighted by atomic mass is 10.2. The maximum absolute atomic E-state index is 13.0. The highest BCUT2D eigenvalue weighted by atomic mass is 35.5. The normalized spacial score (nSPS) is 15.6. The van der Waals surface area contributed by atoms with Gasteiger partial charge in [-0.2, -0.15) is 0 Å². The molecular formula is C22H19ClFN3O6S2. The van der Waals surface area contributed by atoms with Gasteiger partial charge in [0.2, 0.25) is 10.0 Å². The SMILES string of the molecule is CS(=O)(=O)N1C[C@H](C(=O)Nc2ccc(S(=O)(=O)Nc3ccc(F)cc3)cc2)Oc2ccc(Cl)cc21. The minimum Gasteiger partial charge on any atom is -0.476 e. The van der Waals surface area contributed by atoms with Crippen molar-refractivity contribution in [3.63, 3.8) is 0 Å². The van der Waals surface area contributed by atoms with Gasteiger partial charge < -0.3 is 10.1 Å². The average molecular weight is 540 g/mol. The number of fused-ring (bicyclic) bond motifs is 1. The molecule has 1 aliphatic heterocycles. The van der Waals surface area contributed by atoms with Crippen LogP contribution in [0, 0.1) is 5.82 Å². The molecule has 1 atom stereocenters. The second-order valence-electron chi connectivity index (χ2n) is 7.64. The predicted octanol–water partition coefficient (Wildman–Crippen LogP) is 3.45. The Morgan fingerprint density at radius 1 is 1.00 bits per heavy atom. The van der Waals surface area contributed by atoms with Gasteiger partial charge in [0.1, 0.15) is 11.6 Å². The summed E-state index contributed by atoms with van der Waals surface area (Å²) < 4.78 is 71.8. The van der Waals surface area contributed by atoms with Crippen LogP contribution < -0.4 is 19.1 Å². The van der Waals surface area contributed by atoms with Crippen molar-refractivity contribution in [3.05, 3.63) is 77.6 Å². The molecule has 0 spiro atoms. The van der Waals surface area contributed by atoms with Crippen molar-refractivity contribution in [1.82, 2.24) is 0 Å². The minimum absolute atomic E-state index is 0.0807. The molecule has 0 unspecified atom stereocenters. The second-order valence-corrected chi connectivity index (χ2v) is 11.7. The number of carbonyl (C=O) groups excluding carboxylic acids is 1. The highest BCUT2D eigenvalue weighted by Crippen LogP contribution is 2.37. The molecule has 0 aliphatic carbocycles. The Kier molecular flexibility index (Phi) is 6.62. The Balaban J connectivity index is 1.48. The van der Waals surface area contributed by atoms with Gasteiger partial charge in [0, 0.05) is 16.4 Å². The largest absolute Gasteiger partial charge is 0.476 e. The molecule has 9 nitrogen and oxygen atoms in total. The minimum atomic E-state index is -3.95. The molecule has 0 bridgehead atoms. The molecule has 35 heavy (non-hydrogen) atoms. The van der Waals surface area contributed by atoms with Crippen LogP contribution in [0.4, 0.5) is 21.5 Å². The first-order valence-corrected chi connectivity index (χ1v) is 13.8. The van der Waals surface area contributed by atoms with E-state index in [0.29, 0.717) is 5.02 Å². The van der Waals surface area contributed by atoms with Crippen molar-refractivity contribution in [1.29, 1.82) is 0 Å². The van der Waals surface area contributed by atoms with Crippen LogP contribution in [0.25, 0.3) is 0 Å². The molecule has 3 aromatic carbocycles. The Hall–Kier alpha value is -3.35. The van der Waals surface area contributed by atoms with Crippen LogP contribution in [0.2, 0.25) is 5.02 Å². The van der Waals surface area contributed by atoms with E-state index in [1.165, 1.54) is 54.6 Å². The zero-order valence-electron chi connectivity index (χ0n) is 18.1. The highest BCUT2D eigenvalue weighted by molar-refractivity contribution is 7.92. The summed E-state index contributed by atoms with van der Waals surface area (Å²) in [6.45, 7) is -0.272. The van der Waals surface area contributed by atoms with Crippen LogP contribution in [0.5, 0.6) is 5.75 Å². The molecule has 184 valence electrons. The predicted molar refractivity (Wildman–Crippen MR) is 130 cm³/mol. The number of rotatable bonds is 6. The van der Waals surface area contributed by atoms with Crippen molar-refractivity contribution < 1.29 is 30.8 Å². The molecule has 1 heterocycles. The third-order valence-corrected chi connectivity index (χ3v) is 7.79. The van der Waals surface area contributed by atoms with Gasteiger partial charge in [-0.15, -0.1) is 0 Å². The maximum Gasteiger partial charge on any atom is 0.267 e. The van der Waals surface area contributed by atoms with Gasteiger partial charge in [0.05, 0.1) is 23.4 Å². The van der Waals surface area contributed by atoms with E-state index in [9.17, 15) is 26.0 Å². The molecule has 0 saturated carbocycles. The Morgan fingerprint density at radius 3 is 2.26 bits per heavy atom. The summed E-state index contributed by atoms with van der Waals surface area (Å²) in [6, 6.07) is 14.6. The Morgan fingerprint density at radius 2 is 1.63 bits per heavy atom. The van der Waals surface area contributed by atoms with Crippen molar-refractivity contribution in [2.75, 3.05) is 27.1 Å². The summed E-state index contributed by atoms with van der Waals surface area (Å²) in [7, 11) is -7.67. The number of hydrogen-bond donors (Lipinski definition) is 2. The second kappa shape index (κ2) is 9.36. The van der Waals surface area contributed by atoms with E-state index in [1.54, 1.807) is 0 Å². The smallest absolute Gasteiger partial charge is 0.267 e. The molecule has 4 rings (SSSR count). The van der Waals surface area contributed by atoms with Gasteiger partial charge >= 0.3 is 0 Å². The molecule has 2 N–H and O–H groups in total. The van der Waals surface area contributed by atoms with Gasteiger partial charge in [0.25, 0.3) is 15.9 Å². The molecule has 0 radical (unpaired) electrons. The number of halogens is 2. The van der Waals surface area contributed by atoms with E-state index in [1.807, 2.05) is 0 Å². The molecular weight excluding hydrogens is 521 g/mol. The highest BCUT2D eigenvalue weighted by Gasteiger charge is 2.35. The van der Waals surface area contributed by atoms with Crippen molar-refractivity contribution in [2.24, 2.45) is 0 Å². The van der Waals surface area contributed by atoms with E-state index in [4.69, 9.17) is 16.3 Å². The van der Waals surface area contributed by atoms with E-state index in [-0.39, 0.29) is 34.3 Å². The Labute approximate surface area is 206 Å². The van der Waals surface area contributed by atoms with E-state index in [0.717, 1.165) is 22.7 Å². The maximum atomic E-state index is 13.0. The summed E-state index contributed by atoms with van der Waals surface area (Å²) in [4.78, 5) is 12.7. The Bertz CT molecular complexity index is 1480. The number of hydrogen-bond acceptors (Lipinski definition) is 6. The number of ether oxygens (including phenoxy) is 1. The molecule has 0 saturated heterocycles. The number of nitrogens with zero attached hydrogens (tertiary/aromatic N) is 1. The quantitative estimate of drug-likeness (QED) is 0.495. The average Bonchev–Trinajstić information content (AvgIpc) is 2.79. The van der Waals surface area contributed by atoms with E-state index >= 15 is 0 Å². The lowest BCUT2D eigenvalue weighted by Gasteiger charge is -2.34. The first-order chi connectivity index (χ1) is 16.4. The molecule has 0 fully saturated rings. The van der Waals surface area contributed by atoms with Crippen molar-refractivity contribution in [2.45, 2.75) is 11.0 Å². The van der Waals surface area contributed by atoms with E-state index in [2.05, 4.69) is 10.0 Å². The van der Waals surface area contributed by atoms with E-state index < -0.39 is 37.9 Å². The first-order valence-electron chi connectivity index (χ1n) is 10.1. The fourth-order valence-corrected chi connectivity index (χ4v) is 5.48. The van der Waals surface area contributed by atoms with Crippen LogP contribution in [0.15, 0.2) is 71.6 Å². The number of sulfonamides is 2. The van der Waals surface area contributed by atoms with Gasteiger partial charge in [-0.1, -0.05) is 11.6 Å². The summed E-state index contributed by atoms with van der Waals surface area (Å²) >= 11 is 5.98. The lowest BCUT2D eigenvalue weighted by molar-refractivity contribution is -0.122. The van der Waals surface area contributed by atoms with Crippen LogP contribution in [-0.4, -0.2) is 41.6 Å².